The number of benzene rings is 2. The van der Waals surface area contributed by atoms with E-state index in [4.69, 9.17) is 28.8 Å². The fourth-order valence-corrected chi connectivity index (χ4v) is 6.81. The number of hydrogen-bond acceptors (Lipinski definition) is 10. The summed E-state index contributed by atoms with van der Waals surface area (Å²) in [6.07, 6.45) is 4.74. The first-order valence-corrected chi connectivity index (χ1v) is 18.7. The molecule has 0 radical (unpaired) electrons. The Bertz CT molecular complexity index is 1870. The van der Waals surface area contributed by atoms with Crippen LogP contribution in [0.3, 0.4) is 0 Å². The molecule has 0 unspecified atom stereocenters. The Balaban J connectivity index is 1.49. The fraction of sp³-hybridized carbons (Fsp3) is 0.405. The lowest BCUT2D eigenvalue weighted by atomic mass is 9.97. The van der Waals surface area contributed by atoms with Crippen molar-refractivity contribution in [1.29, 1.82) is 0 Å². The van der Waals surface area contributed by atoms with Crippen LogP contribution in [0.15, 0.2) is 77.1 Å². The number of ether oxygens (including phenoxy) is 1. The predicted octanol–water partition coefficient (Wildman–Crippen LogP) is 4.04. The van der Waals surface area contributed by atoms with Gasteiger partial charge >= 0.3 is 0 Å². The molecular weight excluding hydrogens is 715 g/mol. The third-order valence-corrected chi connectivity index (χ3v) is 9.72. The molecule has 3 atom stereocenters. The molecule has 2 aromatic carbocycles. The highest BCUT2D eigenvalue weighted by Gasteiger charge is 2.32. The van der Waals surface area contributed by atoms with Gasteiger partial charge in [-0.15, -0.1) is 11.3 Å². The number of Topliss-reactive ketones (excluding diaryl/α,β-unsaturated/α-hetero) is 1. The van der Waals surface area contributed by atoms with Gasteiger partial charge in [0.2, 0.25) is 11.8 Å². The van der Waals surface area contributed by atoms with Crippen LogP contribution in [0.25, 0.3) is 10.2 Å². The zero-order valence-electron chi connectivity index (χ0n) is 30.1. The van der Waals surface area contributed by atoms with Crippen molar-refractivity contribution in [1.82, 2.24) is 25.2 Å². The molecule has 14 nitrogen and oxygen atoms in total. The molecule has 16 heteroatoms. The van der Waals surface area contributed by atoms with Gasteiger partial charge in [-0.2, -0.15) is 12.6 Å². The number of para-hydroxylation sites is 1. The Hall–Kier alpha value is -4.93. The van der Waals surface area contributed by atoms with Crippen LogP contribution in [0.4, 0.5) is 0 Å². The van der Waals surface area contributed by atoms with Gasteiger partial charge in [0.1, 0.15) is 18.5 Å². The number of thiazole rings is 1. The number of aromatic nitrogens is 3. The van der Waals surface area contributed by atoms with Gasteiger partial charge in [0.25, 0.3) is 5.91 Å². The molecule has 3 amide bonds. The molecule has 0 bridgehead atoms. The van der Waals surface area contributed by atoms with E-state index in [1.54, 1.807) is 17.1 Å². The number of carbonyl (C=O) groups excluding carboxylic acids is 4. The van der Waals surface area contributed by atoms with Crippen LogP contribution < -0.4 is 22.1 Å². The maximum absolute atomic E-state index is 13.9. The van der Waals surface area contributed by atoms with Crippen LogP contribution in [0.2, 0.25) is 0 Å². The predicted molar refractivity (Wildman–Crippen MR) is 210 cm³/mol. The Morgan fingerprint density at radius 3 is 2.43 bits per heavy atom. The van der Waals surface area contributed by atoms with Crippen LogP contribution in [0, 0.1) is 11.8 Å². The van der Waals surface area contributed by atoms with E-state index in [2.05, 4.69) is 30.6 Å². The second-order valence-electron chi connectivity index (χ2n) is 12.9. The molecule has 2 heterocycles. The fourth-order valence-electron chi connectivity index (χ4n) is 5.43. The minimum absolute atomic E-state index is 0.0393. The molecule has 4 rings (SSSR count). The number of carbonyl (C=O) groups is 4. The zero-order chi connectivity index (χ0) is 38.3. The summed E-state index contributed by atoms with van der Waals surface area (Å²) in [6.45, 7) is 6.07. The van der Waals surface area contributed by atoms with E-state index >= 15 is 0 Å². The standard InChI is InChI=1S/C37H47N9O5S2/c1-23(2)15-16-29(43-34(50)30(42-24(3)47)18-26-19-40-21-46(26)22-51-20-25-10-5-4-6-11-25)33(49)45-35(52)27(12-9-17-41-37(38)39)32(48)36-44-28-13-7-8-14-31(28)53-36/h4-8,10-11,13-14,19,21,23,27,29,35,52H,9,12,15-18,20,22H2,1-3H3,(H,43,50)(H,45,49)(H4,38,39,41)/t27-,29-,35+/m0/s1. The Kier molecular flexibility index (Phi) is 15.7. The lowest BCUT2D eigenvalue weighted by Gasteiger charge is -2.26. The summed E-state index contributed by atoms with van der Waals surface area (Å²) in [5, 5.41) is 5.01. The molecule has 0 spiro atoms. The van der Waals surface area contributed by atoms with Gasteiger partial charge in [0.05, 0.1) is 34.4 Å². The molecule has 0 aliphatic heterocycles. The number of thiol groups is 1. The SMILES string of the molecule is CC(=O)N=C(Cc1cncn1COCc1ccccc1)C(=O)N[C@@H](CCC(C)C)C(=O)N[C@H](S)[C@@H](CCCN=C(N)N)C(=O)c1nc2ccccc2s1. The number of nitrogens with zero attached hydrogens (tertiary/aromatic N) is 5. The van der Waals surface area contributed by atoms with Crippen LogP contribution >= 0.6 is 24.0 Å². The molecule has 4 aromatic rings. The average molecular weight is 762 g/mol. The molecule has 0 saturated carbocycles. The summed E-state index contributed by atoms with van der Waals surface area (Å²) in [5.74, 6) is -2.70. The van der Waals surface area contributed by atoms with Gasteiger partial charge in [-0.3, -0.25) is 24.2 Å². The molecule has 282 valence electrons. The number of hydrogen-bond donors (Lipinski definition) is 5. The number of amides is 3. The van der Waals surface area contributed by atoms with Gasteiger partial charge < -0.3 is 31.4 Å². The number of nitrogens with two attached hydrogens (primary N) is 2. The van der Waals surface area contributed by atoms with Crippen molar-refractivity contribution >= 4 is 69.4 Å². The van der Waals surface area contributed by atoms with Crippen LogP contribution in [0.1, 0.15) is 67.5 Å². The quantitative estimate of drug-likeness (QED) is 0.0220. The molecule has 6 N–H and O–H groups in total. The molecule has 0 aliphatic rings. The van der Waals surface area contributed by atoms with E-state index in [1.807, 2.05) is 68.4 Å². The summed E-state index contributed by atoms with van der Waals surface area (Å²) < 4.78 is 8.42. The van der Waals surface area contributed by atoms with Crippen LogP contribution in [-0.2, 0) is 38.9 Å². The maximum Gasteiger partial charge on any atom is 0.266 e. The van der Waals surface area contributed by atoms with Crippen LogP contribution in [0.5, 0.6) is 0 Å². The first-order chi connectivity index (χ1) is 25.4. The van der Waals surface area contributed by atoms with Crippen molar-refractivity contribution in [2.24, 2.45) is 33.3 Å². The van der Waals surface area contributed by atoms with Gasteiger partial charge in [-0.25, -0.2) is 15.0 Å². The molecule has 53 heavy (non-hydrogen) atoms. The maximum atomic E-state index is 13.9. The minimum atomic E-state index is -1.02. The molecule has 2 aromatic heterocycles. The first-order valence-electron chi connectivity index (χ1n) is 17.3. The third kappa shape index (κ3) is 12.9. The van der Waals surface area contributed by atoms with E-state index in [1.165, 1.54) is 18.3 Å². The molecule has 0 aliphatic carbocycles. The first kappa shape index (κ1) is 40.8. The number of nitrogens with one attached hydrogen (secondary N) is 2. The summed E-state index contributed by atoms with van der Waals surface area (Å²) in [5.41, 5.74) is 13.2. The van der Waals surface area contributed by atoms with E-state index in [0.717, 1.165) is 10.3 Å². The van der Waals surface area contributed by atoms with Crippen molar-refractivity contribution < 1.29 is 23.9 Å². The zero-order valence-corrected chi connectivity index (χ0v) is 31.8. The number of aliphatic imine (C=N–C) groups is 2. The van der Waals surface area contributed by atoms with Crippen molar-refractivity contribution in [3.63, 3.8) is 0 Å². The molecule has 0 saturated heterocycles. The second kappa shape index (κ2) is 20.3. The van der Waals surface area contributed by atoms with Crippen molar-refractivity contribution in [2.45, 2.75) is 77.6 Å². The van der Waals surface area contributed by atoms with Gasteiger partial charge in [0, 0.05) is 31.8 Å². The molecule has 0 fully saturated rings. The lowest BCUT2D eigenvalue weighted by Crippen LogP contribution is -2.52. The number of fused-ring (bicyclic) bond motifs is 1. The largest absolute Gasteiger partial charge is 0.370 e. The van der Waals surface area contributed by atoms with Crippen molar-refractivity contribution in [3.05, 3.63) is 83.4 Å². The Morgan fingerprint density at radius 2 is 1.74 bits per heavy atom. The van der Waals surface area contributed by atoms with Gasteiger partial charge in [0.15, 0.2) is 16.8 Å². The number of imidazole rings is 1. The highest BCUT2D eigenvalue weighted by atomic mass is 32.1. The summed E-state index contributed by atoms with van der Waals surface area (Å²) in [7, 11) is 0. The smallest absolute Gasteiger partial charge is 0.266 e. The number of rotatable bonds is 20. The molecular formula is C37H47N9O5S2. The summed E-state index contributed by atoms with van der Waals surface area (Å²) in [4.78, 5) is 70.4. The summed E-state index contributed by atoms with van der Waals surface area (Å²) in [6, 6.07) is 16.1. The lowest BCUT2D eigenvalue weighted by molar-refractivity contribution is -0.127. The summed E-state index contributed by atoms with van der Waals surface area (Å²) >= 11 is 5.96. The van der Waals surface area contributed by atoms with Crippen LogP contribution in [-0.4, -0.2) is 67.7 Å². The highest BCUT2D eigenvalue weighted by molar-refractivity contribution is 7.81. The Morgan fingerprint density at radius 1 is 1.00 bits per heavy atom. The number of ketones is 1. The minimum Gasteiger partial charge on any atom is -0.370 e. The van der Waals surface area contributed by atoms with Crippen molar-refractivity contribution in [2.75, 3.05) is 6.54 Å². The highest BCUT2D eigenvalue weighted by Crippen LogP contribution is 2.27. The van der Waals surface area contributed by atoms with E-state index in [0.29, 0.717) is 42.1 Å². The van der Waals surface area contributed by atoms with E-state index in [9.17, 15) is 19.2 Å². The normalized spacial score (nSPS) is 13.3. The second-order valence-corrected chi connectivity index (χ2v) is 14.5. The van der Waals surface area contributed by atoms with Crippen molar-refractivity contribution in [3.8, 4) is 0 Å². The van der Waals surface area contributed by atoms with Gasteiger partial charge in [-0.1, -0.05) is 56.3 Å². The number of guanidine groups is 1. The third-order valence-electron chi connectivity index (χ3n) is 8.18. The van der Waals surface area contributed by atoms with Gasteiger partial charge in [-0.05, 0) is 49.3 Å². The Labute approximate surface area is 318 Å². The van der Waals surface area contributed by atoms with E-state index < -0.39 is 35.1 Å². The van der Waals surface area contributed by atoms with E-state index in [-0.39, 0.29) is 49.5 Å². The topological polar surface area (TPSA) is 209 Å². The average Bonchev–Trinajstić information content (AvgIpc) is 3.76. The monoisotopic (exact) mass is 761 g/mol.